The Morgan fingerprint density at radius 2 is 1.61 bits per heavy atom. The molecule has 0 unspecified atom stereocenters. The fourth-order valence-corrected chi connectivity index (χ4v) is 2.09. The van der Waals surface area contributed by atoms with Gasteiger partial charge in [0.1, 0.15) is 29.3 Å². The molecule has 0 bridgehead atoms. The molecule has 0 saturated heterocycles. The van der Waals surface area contributed by atoms with Gasteiger partial charge in [-0.2, -0.15) is 15.8 Å². The minimum Gasteiger partial charge on any atom is -0.383 e. The summed E-state index contributed by atoms with van der Waals surface area (Å²) in [5, 5.41) is 27.7. The van der Waals surface area contributed by atoms with Crippen molar-refractivity contribution in [2.75, 3.05) is 51.2 Å². The van der Waals surface area contributed by atoms with E-state index in [2.05, 4.69) is 4.98 Å². The topological polar surface area (TPSA) is 132 Å². The largest absolute Gasteiger partial charge is 0.383 e. The number of nitriles is 3. The molecular weight excluding hydrogens is 296 g/mol. The summed E-state index contributed by atoms with van der Waals surface area (Å²) < 4.78 is 10.1. The van der Waals surface area contributed by atoms with Gasteiger partial charge in [-0.15, -0.1) is 0 Å². The third kappa shape index (κ3) is 4.31. The second-order valence-corrected chi connectivity index (χ2v) is 4.58. The summed E-state index contributed by atoms with van der Waals surface area (Å²) in [6.07, 6.45) is -0.0894. The molecule has 0 saturated carbocycles. The van der Waals surface area contributed by atoms with Gasteiger partial charge in [-0.3, -0.25) is 0 Å². The third-order valence-electron chi connectivity index (χ3n) is 3.22. The highest BCUT2D eigenvalue weighted by atomic mass is 16.5. The number of nitrogens with two attached hydrogens (primary N) is 1. The SMILES string of the molecule is COCCN(CCOC)c1nc(N)c(C#N)c(CC#N)c1C#N. The Balaban J connectivity index is 3.45. The van der Waals surface area contributed by atoms with E-state index < -0.39 is 0 Å². The number of ether oxygens (including phenoxy) is 2. The maximum atomic E-state index is 9.50. The molecule has 2 N–H and O–H groups in total. The van der Waals surface area contributed by atoms with Crippen molar-refractivity contribution in [3.8, 4) is 18.2 Å². The average Bonchev–Trinajstić information content (AvgIpc) is 2.55. The second-order valence-electron chi connectivity index (χ2n) is 4.58. The fraction of sp³-hybridized carbons (Fsp3) is 0.467. The maximum absolute atomic E-state index is 9.50. The number of pyridine rings is 1. The lowest BCUT2D eigenvalue weighted by molar-refractivity contribution is 0.190. The molecule has 0 radical (unpaired) electrons. The van der Waals surface area contributed by atoms with Crippen molar-refractivity contribution < 1.29 is 9.47 Å². The molecule has 0 fully saturated rings. The van der Waals surface area contributed by atoms with Gasteiger partial charge in [-0.05, 0) is 0 Å². The van der Waals surface area contributed by atoms with Gasteiger partial charge in [-0.1, -0.05) is 0 Å². The van der Waals surface area contributed by atoms with Crippen molar-refractivity contribution in [2.24, 2.45) is 0 Å². The van der Waals surface area contributed by atoms with E-state index in [1.165, 1.54) is 0 Å². The number of methoxy groups -OCH3 is 2. The van der Waals surface area contributed by atoms with Crippen LogP contribution in [-0.2, 0) is 15.9 Å². The molecule has 0 aromatic carbocycles. The first-order valence-electron chi connectivity index (χ1n) is 6.86. The molecule has 1 aromatic heterocycles. The molecule has 1 rings (SSSR count). The number of rotatable bonds is 8. The minimum absolute atomic E-state index is 0.00610. The first-order valence-corrected chi connectivity index (χ1v) is 6.86. The molecule has 120 valence electrons. The van der Waals surface area contributed by atoms with Gasteiger partial charge < -0.3 is 20.1 Å². The number of aromatic nitrogens is 1. The van der Waals surface area contributed by atoms with E-state index in [9.17, 15) is 10.5 Å². The van der Waals surface area contributed by atoms with Crippen LogP contribution in [0.15, 0.2) is 0 Å². The lowest BCUT2D eigenvalue weighted by Gasteiger charge is -2.25. The van der Waals surface area contributed by atoms with E-state index in [-0.39, 0.29) is 23.4 Å². The number of hydrogen-bond donors (Lipinski definition) is 1. The molecule has 1 aromatic rings. The zero-order valence-corrected chi connectivity index (χ0v) is 13.2. The highest BCUT2D eigenvalue weighted by Gasteiger charge is 2.22. The number of hydrogen-bond acceptors (Lipinski definition) is 8. The second kappa shape index (κ2) is 9.22. The van der Waals surface area contributed by atoms with Gasteiger partial charge >= 0.3 is 0 Å². The van der Waals surface area contributed by atoms with Crippen molar-refractivity contribution in [3.63, 3.8) is 0 Å². The van der Waals surface area contributed by atoms with E-state index in [0.29, 0.717) is 37.7 Å². The van der Waals surface area contributed by atoms with Crippen molar-refractivity contribution in [1.29, 1.82) is 15.8 Å². The molecule has 0 amide bonds. The maximum Gasteiger partial charge on any atom is 0.149 e. The van der Waals surface area contributed by atoms with Crippen molar-refractivity contribution in [3.05, 3.63) is 16.7 Å². The monoisotopic (exact) mass is 314 g/mol. The molecule has 8 nitrogen and oxygen atoms in total. The summed E-state index contributed by atoms with van der Waals surface area (Å²) in [4.78, 5) is 6.00. The first kappa shape index (κ1) is 18.2. The van der Waals surface area contributed by atoms with Crippen molar-refractivity contribution in [1.82, 2.24) is 4.98 Å². The summed E-state index contributed by atoms with van der Waals surface area (Å²) >= 11 is 0. The summed E-state index contributed by atoms with van der Waals surface area (Å²) in [6, 6.07) is 5.92. The van der Waals surface area contributed by atoms with Gasteiger partial charge in [0.05, 0.1) is 31.3 Å². The van der Waals surface area contributed by atoms with Crippen LogP contribution in [0.4, 0.5) is 11.6 Å². The molecular formula is C15H18N6O2. The molecule has 1 heterocycles. The Labute approximate surface area is 135 Å². The van der Waals surface area contributed by atoms with Gasteiger partial charge in [0.2, 0.25) is 0 Å². The highest BCUT2D eigenvalue weighted by Crippen LogP contribution is 2.28. The zero-order chi connectivity index (χ0) is 17.2. The van der Waals surface area contributed by atoms with E-state index in [0.717, 1.165) is 0 Å². The Morgan fingerprint density at radius 1 is 1.04 bits per heavy atom. The number of nitrogens with zero attached hydrogens (tertiary/aromatic N) is 5. The van der Waals surface area contributed by atoms with Crippen LogP contribution in [0.1, 0.15) is 16.7 Å². The molecule has 0 atom stereocenters. The van der Waals surface area contributed by atoms with E-state index in [1.807, 2.05) is 18.2 Å². The average molecular weight is 314 g/mol. The quantitative estimate of drug-likeness (QED) is 0.736. The van der Waals surface area contributed by atoms with Crippen LogP contribution >= 0.6 is 0 Å². The predicted octanol–water partition coefficient (Wildman–Crippen LogP) is 0.572. The van der Waals surface area contributed by atoms with Gasteiger partial charge in [-0.25, -0.2) is 4.98 Å². The van der Waals surface area contributed by atoms with Gasteiger partial charge in [0.15, 0.2) is 0 Å². The summed E-state index contributed by atoms with van der Waals surface area (Å²) in [5.41, 5.74) is 6.40. The van der Waals surface area contributed by atoms with Crippen LogP contribution in [0.25, 0.3) is 0 Å². The number of anilines is 2. The van der Waals surface area contributed by atoms with Crippen LogP contribution in [0.5, 0.6) is 0 Å². The molecule has 23 heavy (non-hydrogen) atoms. The standard InChI is InChI=1S/C15H18N6O2/c1-22-7-5-21(6-8-23-2)15-13(10-18)11(3-4-16)12(9-17)14(19)20-15/h3,5-8H2,1-2H3,(H2,19,20). The predicted molar refractivity (Wildman–Crippen MR) is 83.4 cm³/mol. The molecule has 8 heteroatoms. The summed E-state index contributed by atoms with van der Waals surface area (Å²) in [6.45, 7) is 1.78. The Bertz CT molecular complexity index is 661. The Hall–Kier alpha value is -2.86. The normalized spacial score (nSPS) is 9.70. The molecule has 0 aliphatic carbocycles. The van der Waals surface area contributed by atoms with Crippen LogP contribution in [0.2, 0.25) is 0 Å². The van der Waals surface area contributed by atoms with Gasteiger partial charge in [0, 0.05) is 32.9 Å². The Morgan fingerprint density at radius 3 is 2.04 bits per heavy atom. The van der Waals surface area contributed by atoms with Crippen LogP contribution in [-0.4, -0.2) is 45.5 Å². The first-order chi connectivity index (χ1) is 11.1. The lowest BCUT2D eigenvalue weighted by Crippen LogP contribution is -2.32. The third-order valence-corrected chi connectivity index (χ3v) is 3.22. The van der Waals surface area contributed by atoms with Crippen LogP contribution in [0, 0.1) is 34.0 Å². The van der Waals surface area contributed by atoms with Crippen LogP contribution < -0.4 is 10.6 Å². The van der Waals surface area contributed by atoms with E-state index in [4.69, 9.17) is 20.5 Å². The smallest absolute Gasteiger partial charge is 0.149 e. The van der Waals surface area contributed by atoms with Crippen molar-refractivity contribution >= 4 is 11.6 Å². The van der Waals surface area contributed by atoms with Crippen molar-refractivity contribution in [2.45, 2.75) is 6.42 Å². The molecule has 0 spiro atoms. The summed E-state index contributed by atoms with van der Waals surface area (Å²) in [5.74, 6) is 0.343. The highest BCUT2D eigenvalue weighted by molar-refractivity contribution is 5.68. The molecule has 0 aliphatic rings. The minimum atomic E-state index is -0.0894. The van der Waals surface area contributed by atoms with E-state index >= 15 is 0 Å². The summed E-state index contributed by atoms with van der Waals surface area (Å²) in [7, 11) is 3.14. The van der Waals surface area contributed by atoms with Gasteiger partial charge in [0.25, 0.3) is 0 Å². The zero-order valence-electron chi connectivity index (χ0n) is 13.2. The lowest BCUT2D eigenvalue weighted by atomic mass is 10.0. The molecule has 0 aliphatic heterocycles. The van der Waals surface area contributed by atoms with Crippen LogP contribution in [0.3, 0.4) is 0 Å². The van der Waals surface area contributed by atoms with E-state index in [1.54, 1.807) is 19.1 Å². The Kier molecular flexibility index (Phi) is 7.29. The number of nitrogen functional groups attached to an aromatic ring is 1. The fourth-order valence-electron chi connectivity index (χ4n) is 2.09.